The van der Waals surface area contributed by atoms with E-state index in [4.69, 9.17) is 5.73 Å². The highest BCUT2D eigenvalue weighted by molar-refractivity contribution is 9.10. The predicted molar refractivity (Wildman–Crippen MR) is 104 cm³/mol. The van der Waals surface area contributed by atoms with Gasteiger partial charge in [-0.1, -0.05) is 54.8 Å². The number of amides is 1. The van der Waals surface area contributed by atoms with E-state index in [0.29, 0.717) is 5.91 Å². The number of nitrogens with two attached hydrogens (primary N) is 1. The lowest BCUT2D eigenvalue weighted by atomic mass is 9.75. The van der Waals surface area contributed by atoms with E-state index >= 15 is 0 Å². The molecule has 1 saturated carbocycles. The van der Waals surface area contributed by atoms with Gasteiger partial charge in [0.25, 0.3) is 0 Å². The van der Waals surface area contributed by atoms with Gasteiger partial charge in [0, 0.05) is 23.6 Å². The van der Waals surface area contributed by atoms with Crippen LogP contribution in [0.3, 0.4) is 0 Å². The molecule has 0 aromatic heterocycles. The zero-order valence-corrected chi connectivity index (χ0v) is 17.0. The van der Waals surface area contributed by atoms with Crippen LogP contribution in [0.15, 0.2) is 28.7 Å². The average molecular weight is 416 g/mol. The van der Waals surface area contributed by atoms with Gasteiger partial charge in [-0.05, 0) is 42.4 Å². The first-order valence-corrected chi connectivity index (χ1v) is 9.45. The van der Waals surface area contributed by atoms with Gasteiger partial charge in [0.15, 0.2) is 0 Å². The summed E-state index contributed by atoms with van der Waals surface area (Å²) in [4.78, 5) is 15.6. The largest absolute Gasteiger partial charge is 0.341 e. The van der Waals surface area contributed by atoms with Gasteiger partial charge in [0.1, 0.15) is 0 Å². The lowest BCUT2D eigenvalue weighted by Crippen LogP contribution is -2.57. The number of nitrogens with zero attached hydrogens (tertiary/aromatic N) is 1. The van der Waals surface area contributed by atoms with E-state index in [1.807, 2.05) is 12.1 Å². The van der Waals surface area contributed by atoms with E-state index < -0.39 is 0 Å². The maximum atomic E-state index is 13.5. The molecular formula is C19H28BrClN2O. The van der Waals surface area contributed by atoms with Crippen molar-refractivity contribution in [1.82, 2.24) is 4.90 Å². The predicted octanol–water partition coefficient (Wildman–Crippen LogP) is 4.27. The highest BCUT2D eigenvalue weighted by Gasteiger charge is 2.47. The molecule has 2 aliphatic rings. The fourth-order valence-corrected chi connectivity index (χ4v) is 4.64. The van der Waals surface area contributed by atoms with Crippen molar-refractivity contribution in [3.05, 3.63) is 34.3 Å². The molecule has 1 atom stereocenters. The van der Waals surface area contributed by atoms with Crippen molar-refractivity contribution in [3.63, 3.8) is 0 Å². The summed E-state index contributed by atoms with van der Waals surface area (Å²) >= 11 is 3.56. The fraction of sp³-hybridized carbons (Fsp3) is 0.632. The van der Waals surface area contributed by atoms with E-state index in [1.54, 1.807) is 0 Å². The first-order valence-electron chi connectivity index (χ1n) is 8.66. The van der Waals surface area contributed by atoms with Crippen LogP contribution in [-0.2, 0) is 10.2 Å². The average Bonchev–Trinajstić information content (AvgIpc) is 3.00. The SMILES string of the molecule is CC1(C)CN(C(=O)C2(c3cccc(Br)c3)CCCC2)CCC1N.Cl. The van der Waals surface area contributed by atoms with Gasteiger partial charge >= 0.3 is 0 Å². The number of carbonyl (C=O) groups excluding carboxylic acids is 1. The number of benzene rings is 1. The van der Waals surface area contributed by atoms with Gasteiger partial charge in [-0.25, -0.2) is 0 Å². The van der Waals surface area contributed by atoms with Gasteiger partial charge < -0.3 is 10.6 Å². The zero-order chi connectivity index (χ0) is 16.7. The summed E-state index contributed by atoms with van der Waals surface area (Å²) in [5, 5.41) is 0. The normalized spacial score (nSPS) is 25.2. The van der Waals surface area contributed by atoms with Gasteiger partial charge in [-0.15, -0.1) is 12.4 Å². The van der Waals surface area contributed by atoms with Crippen molar-refractivity contribution in [1.29, 1.82) is 0 Å². The van der Waals surface area contributed by atoms with Crippen molar-refractivity contribution in [2.75, 3.05) is 13.1 Å². The zero-order valence-electron chi connectivity index (χ0n) is 14.6. The first-order chi connectivity index (χ1) is 10.8. The van der Waals surface area contributed by atoms with Crippen LogP contribution in [0.1, 0.15) is 51.5 Å². The Labute approximate surface area is 159 Å². The van der Waals surface area contributed by atoms with E-state index in [0.717, 1.165) is 49.7 Å². The van der Waals surface area contributed by atoms with Crippen LogP contribution >= 0.6 is 28.3 Å². The molecule has 1 unspecified atom stereocenters. The Morgan fingerprint density at radius 2 is 1.96 bits per heavy atom. The second-order valence-electron chi connectivity index (χ2n) is 7.91. The molecular weight excluding hydrogens is 388 g/mol. The third-order valence-corrected chi connectivity index (χ3v) is 6.34. The molecule has 1 heterocycles. The van der Waals surface area contributed by atoms with Crippen LogP contribution in [0, 0.1) is 5.41 Å². The second kappa shape index (κ2) is 7.35. The minimum absolute atomic E-state index is 0. The third-order valence-electron chi connectivity index (χ3n) is 5.84. The fourth-order valence-electron chi connectivity index (χ4n) is 4.24. The van der Waals surface area contributed by atoms with E-state index in [-0.39, 0.29) is 29.3 Å². The molecule has 1 aromatic rings. The number of likely N-dealkylation sites (tertiary alicyclic amines) is 1. The molecule has 3 nitrogen and oxygen atoms in total. The molecule has 3 rings (SSSR count). The lowest BCUT2D eigenvalue weighted by Gasteiger charge is -2.45. The third kappa shape index (κ3) is 3.51. The Bertz CT molecular complexity index is 599. The standard InChI is InChI=1S/C19H27BrN2O.ClH/c1-18(2)13-22(11-8-16(18)21)17(23)19(9-3-4-10-19)14-6-5-7-15(20)12-14;/h5-7,12,16H,3-4,8-11,13,21H2,1-2H3;1H. The van der Waals surface area contributed by atoms with Gasteiger partial charge in [-0.2, -0.15) is 0 Å². The molecule has 2 N–H and O–H groups in total. The smallest absolute Gasteiger partial charge is 0.233 e. The summed E-state index contributed by atoms with van der Waals surface area (Å²) in [7, 11) is 0. The van der Waals surface area contributed by atoms with E-state index in [9.17, 15) is 4.79 Å². The van der Waals surface area contributed by atoms with E-state index in [2.05, 4.69) is 46.8 Å². The molecule has 2 fully saturated rings. The van der Waals surface area contributed by atoms with Crippen LogP contribution in [-0.4, -0.2) is 29.9 Å². The Morgan fingerprint density at radius 3 is 2.54 bits per heavy atom. The van der Waals surface area contributed by atoms with Crippen LogP contribution in [0.4, 0.5) is 0 Å². The topological polar surface area (TPSA) is 46.3 Å². The maximum Gasteiger partial charge on any atom is 0.233 e. The van der Waals surface area contributed by atoms with Crippen molar-refractivity contribution < 1.29 is 4.79 Å². The number of hydrogen-bond acceptors (Lipinski definition) is 2. The Hall–Kier alpha value is -0.580. The van der Waals surface area contributed by atoms with Crippen LogP contribution in [0.25, 0.3) is 0 Å². The summed E-state index contributed by atoms with van der Waals surface area (Å²) in [6.07, 6.45) is 5.09. The van der Waals surface area contributed by atoms with Gasteiger partial charge in [0.05, 0.1) is 5.41 Å². The molecule has 0 radical (unpaired) electrons. The van der Waals surface area contributed by atoms with Gasteiger partial charge in [0.2, 0.25) is 5.91 Å². The summed E-state index contributed by atoms with van der Waals surface area (Å²) in [5.74, 6) is 0.313. The molecule has 1 aromatic carbocycles. The molecule has 1 aliphatic heterocycles. The molecule has 0 spiro atoms. The van der Waals surface area contributed by atoms with Crippen molar-refractivity contribution in [3.8, 4) is 0 Å². The number of hydrogen-bond donors (Lipinski definition) is 1. The Morgan fingerprint density at radius 1 is 1.29 bits per heavy atom. The van der Waals surface area contributed by atoms with Gasteiger partial charge in [-0.3, -0.25) is 4.79 Å². The minimum Gasteiger partial charge on any atom is -0.341 e. The quantitative estimate of drug-likeness (QED) is 0.784. The molecule has 1 saturated heterocycles. The van der Waals surface area contributed by atoms with Crippen molar-refractivity contribution in [2.24, 2.45) is 11.1 Å². The number of carbonyl (C=O) groups is 1. The number of halogens is 2. The number of rotatable bonds is 2. The van der Waals surface area contributed by atoms with Crippen LogP contribution < -0.4 is 5.73 Å². The first kappa shape index (κ1) is 19.7. The van der Waals surface area contributed by atoms with Crippen molar-refractivity contribution >= 4 is 34.2 Å². The molecule has 1 amide bonds. The Balaban J connectivity index is 0.00000208. The van der Waals surface area contributed by atoms with Crippen molar-refractivity contribution in [2.45, 2.75) is 57.4 Å². The summed E-state index contributed by atoms with van der Waals surface area (Å²) in [6, 6.07) is 8.50. The summed E-state index contributed by atoms with van der Waals surface area (Å²) in [6.45, 7) is 5.91. The highest BCUT2D eigenvalue weighted by Crippen LogP contribution is 2.44. The van der Waals surface area contributed by atoms with Crippen LogP contribution in [0.5, 0.6) is 0 Å². The van der Waals surface area contributed by atoms with E-state index in [1.165, 1.54) is 5.56 Å². The molecule has 134 valence electrons. The maximum absolute atomic E-state index is 13.5. The molecule has 1 aliphatic carbocycles. The minimum atomic E-state index is -0.332. The Kier molecular flexibility index (Phi) is 6.04. The molecule has 0 bridgehead atoms. The monoisotopic (exact) mass is 414 g/mol. The summed E-state index contributed by atoms with van der Waals surface area (Å²) < 4.78 is 1.05. The van der Waals surface area contributed by atoms with Crippen LogP contribution in [0.2, 0.25) is 0 Å². The number of piperidine rings is 1. The lowest BCUT2D eigenvalue weighted by molar-refractivity contribution is -0.140. The molecule has 5 heteroatoms. The second-order valence-corrected chi connectivity index (χ2v) is 8.83. The summed E-state index contributed by atoms with van der Waals surface area (Å²) in [5.41, 5.74) is 7.08. The molecule has 24 heavy (non-hydrogen) atoms. The highest BCUT2D eigenvalue weighted by atomic mass is 79.9.